The fourth-order valence-electron chi connectivity index (χ4n) is 1.81. The van der Waals surface area contributed by atoms with Crippen molar-refractivity contribution in [2.45, 2.75) is 39.7 Å². The largest absolute Gasteiger partial charge is 0.473 e. The molecule has 0 bridgehead atoms. The van der Waals surface area contributed by atoms with Gasteiger partial charge < -0.3 is 15.2 Å². The quantitative estimate of drug-likeness (QED) is 0.906. The Morgan fingerprint density at radius 2 is 1.76 bits per heavy atom. The van der Waals surface area contributed by atoms with Crippen LogP contribution < -0.4 is 15.2 Å². The number of nitrogen functional groups attached to an aromatic ring is 1. The topological polar surface area (TPSA) is 70.3 Å². The van der Waals surface area contributed by atoms with E-state index in [1.54, 1.807) is 0 Å². The Morgan fingerprint density at radius 1 is 1.05 bits per heavy atom. The Bertz CT molecular complexity index is 612. The van der Waals surface area contributed by atoms with Crippen molar-refractivity contribution in [3.63, 3.8) is 0 Å². The second-order valence-electron chi connectivity index (χ2n) is 5.39. The van der Waals surface area contributed by atoms with Crippen LogP contribution in [0.1, 0.15) is 39.2 Å². The van der Waals surface area contributed by atoms with Gasteiger partial charge in [-0.2, -0.15) is 9.97 Å². The number of rotatable bonds is 5. The Morgan fingerprint density at radius 3 is 2.43 bits per heavy atom. The first kappa shape index (κ1) is 15.1. The highest BCUT2D eigenvalue weighted by Gasteiger charge is 2.13. The fraction of sp³-hybridized carbons (Fsp3) is 0.375. The fourth-order valence-corrected chi connectivity index (χ4v) is 1.81. The Balaban J connectivity index is 2.25. The van der Waals surface area contributed by atoms with Crippen LogP contribution in [0.3, 0.4) is 0 Å². The minimum absolute atomic E-state index is 0.0145. The molecule has 1 aromatic heterocycles. The number of hydrogen-bond donors (Lipinski definition) is 1. The molecule has 0 aliphatic heterocycles. The maximum absolute atomic E-state index is 6.00. The van der Waals surface area contributed by atoms with Crippen LogP contribution >= 0.6 is 0 Å². The van der Waals surface area contributed by atoms with Gasteiger partial charge in [-0.1, -0.05) is 26.0 Å². The molecular formula is C16H21N3O2. The van der Waals surface area contributed by atoms with Gasteiger partial charge in [-0.15, -0.1) is 0 Å². The summed E-state index contributed by atoms with van der Waals surface area (Å²) in [4.78, 5) is 8.11. The smallest absolute Gasteiger partial charge is 0.249 e. The van der Waals surface area contributed by atoms with E-state index in [1.807, 2.05) is 32.0 Å². The van der Waals surface area contributed by atoms with Gasteiger partial charge in [-0.25, -0.2) is 0 Å². The van der Waals surface area contributed by atoms with E-state index in [0.29, 0.717) is 29.1 Å². The molecule has 112 valence electrons. The van der Waals surface area contributed by atoms with Crippen molar-refractivity contribution in [2.24, 2.45) is 0 Å². The normalized spacial score (nSPS) is 11.0. The first-order chi connectivity index (χ1) is 9.97. The number of aromatic nitrogens is 2. The summed E-state index contributed by atoms with van der Waals surface area (Å²) in [5, 5.41) is 0. The molecule has 1 heterocycles. The average Bonchev–Trinajstić information content (AvgIpc) is 2.43. The Labute approximate surface area is 125 Å². The summed E-state index contributed by atoms with van der Waals surface area (Å²) in [7, 11) is 0. The lowest BCUT2D eigenvalue weighted by molar-refractivity contribution is 0.233. The number of ether oxygens (including phenoxy) is 2. The third kappa shape index (κ3) is 3.84. The van der Waals surface area contributed by atoms with Crippen LogP contribution in [0.2, 0.25) is 0 Å². The Kier molecular flexibility index (Phi) is 4.62. The molecule has 0 aliphatic rings. The van der Waals surface area contributed by atoms with Gasteiger partial charge in [0.25, 0.3) is 0 Å². The van der Waals surface area contributed by atoms with Gasteiger partial charge in [-0.3, -0.25) is 0 Å². The van der Waals surface area contributed by atoms with Crippen molar-refractivity contribution in [1.82, 2.24) is 9.97 Å². The van der Waals surface area contributed by atoms with E-state index in [0.717, 1.165) is 0 Å². The van der Waals surface area contributed by atoms with E-state index in [4.69, 9.17) is 15.2 Å². The average molecular weight is 287 g/mol. The molecule has 2 rings (SSSR count). The molecule has 5 nitrogen and oxygen atoms in total. The van der Waals surface area contributed by atoms with Crippen molar-refractivity contribution in [2.75, 3.05) is 5.73 Å². The molecule has 2 aromatic rings. The van der Waals surface area contributed by atoms with Crippen LogP contribution in [0.5, 0.6) is 17.5 Å². The molecule has 21 heavy (non-hydrogen) atoms. The standard InChI is InChI=1S/C16H21N3O2/c1-10(2)12-6-5-7-13(8-12)21-16-14(17)15(18-9-19-16)20-11(3)4/h5-11H,17H2,1-4H3. The van der Waals surface area contributed by atoms with Gasteiger partial charge >= 0.3 is 0 Å². The monoisotopic (exact) mass is 287 g/mol. The van der Waals surface area contributed by atoms with Gasteiger partial charge in [-0.05, 0) is 37.5 Å². The minimum Gasteiger partial charge on any atom is -0.473 e. The van der Waals surface area contributed by atoms with Gasteiger partial charge in [0.15, 0.2) is 5.69 Å². The number of nitrogens with two attached hydrogens (primary N) is 1. The molecule has 0 fully saturated rings. The maximum Gasteiger partial charge on any atom is 0.249 e. The summed E-state index contributed by atoms with van der Waals surface area (Å²) < 4.78 is 11.3. The molecule has 0 saturated carbocycles. The van der Waals surface area contributed by atoms with Gasteiger partial charge in [0.05, 0.1) is 6.10 Å². The first-order valence-corrected chi connectivity index (χ1v) is 7.02. The van der Waals surface area contributed by atoms with Crippen molar-refractivity contribution in [3.05, 3.63) is 36.2 Å². The van der Waals surface area contributed by atoms with Gasteiger partial charge in [0, 0.05) is 0 Å². The third-order valence-electron chi connectivity index (χ3n) is 2.90. The molecule has 0 aliphatic carbocycles. The molecule has 0 saturated heterocycles. The molecule has 5 heteroatoms. The first-order valence-electron chi connectivity index (χ1n) is 7.02. The second kappa shape index (κ2) is 6.43. The van der Waals surface area contributed by atoms with E-state index < -0.39 is 0 Å². The highest BCUT2D eigenvalue weighted by molar-refractivity contribution is 5.57. The molecule has 2 N–H and O–H groups in total. The van der Waals surface area contributed by atoms with Crippen molar-refractivity contribution in [1.29, 1.82) is 0 Å². The highest BCUT2D eigenvalue weighted by Crippen LogP contribution is 2.32. The molecule has 0 unspecified atom stereocenters. The summed E-state index contributed by atoms with van der Waals surface area (Å²) >= 11 is 0. The summed E-state index contributed by atoms with van der Waals surface area (Å²) in [6.07, 6.45) is 1.37. The number of anilines is 1. The number of benzene rings is 1. The second-order valence-corrected chi connectivity index (χ2v) is 5.39. The van der Waals surface area contributed by atoms with E-state index in [-0.39, 0.29) is 6.10 Å². The lowest BCUT2D eigenvalue weighted by Crippen LogP contribution is -2.10. The zero-order valence-electron chi connectivity index (χ0n) is 12.8. The van der Waals surface area contributed by atoms with Crippen LogP contribution in [0.4, 0.5) is 5.69 Å². The predicted molar refractivity (Wildman–Crippen MR) is 82.8 cm³/mol. The highest BCUT2D eigenvalue weighted by atomic mass is 16.5. The molecular weight excluding hydrogens is 266 g/mol. The van der Waals surface area contributed by atoms with Crippen LogP contribution in [-0.2, 0) is 0 Å². The van der Waals surface area contributed by atoms with Gasteiger partial charge in [0.2, 0.25) is 11.8 Å². The van der Waals surface area contributed by atoms with E-state index in [1.165, 1.54) is 11.9 Å². The van der Waals surface area contributed by atoms with Crippen LogP contribution in [0.15, 0.2) is 30.6 Å². The minimum atomic E-state index is -0.0145. The molecule has 0 atom stereocenters. The van der Waals surface area contributed by atoms with Crippen molar-refractivity contribution < 1.29 is 9.47 Å². The zero-order chi connectivity index (χ0) is 15.4. The molecule has 0 spiro atoms. The van der Waals surface area contributed by atoms with E-state index in [9.17, 15) is 0 Å². The van der Waals surface area contributed by atoms with E-state index >= 15 is 0 Å². The van der Waals surface area contributed by atoms with Crippen molar-refractivity contribution >= 4 is 5.69 Å². The summed E-state index contributed by atoms with van der Waals surface area (Å²) in [6.45, 7) is 8.09. The predicted octanol–water partition coefficient (Wildman–Crippen LogP) is 3.76. The van der Waals surface area contributed by atoms with E-state index in [2.05, 4.69) is 29.9 Å². The number of nitrogens with zero attached hydrogens (tertiary/aromatic N) is 2. The van der Waals surface area contributed by atoms with Gasteiger partial charge in [0.1, 0.15) is 12.1 Å². The SMILES string of the molecule is CC(C)Oc1ncnc(Oc2cccc(C(C)C)c2)c1N. The molecule has 1 aromatic carbocycles. The third-order valence-corrected chi connectivity index (χ3v) is 2.90. The summed E-state index contributed by atoms with van der Waals surface area (Å²) in [5.41, 5.74) is 7.50. The van der Waals surface area contributed by atoms with Crippen LogP contribution in [-0.4, -0.2) is 16.1 Å². The summed E-state index contributed by atoms with van der Waals surface area (Å²) in [5.74, 6) is 1.77. The lowest BCUT2D eigenvalue weighted by atomic mass is 10.0. The lowest BCUT2D eigenvalue weighted by Gasteiger charge is -2.13. The summed E-state index contributed by atoms with van der Waals surface area (Å²) in [6, 6.07) is 7.87. The van der Waals surface area contributed by atoms with Crippen LogP contribution in [0.25, 0.3) is 0 Å². The molecule has 0 amide bonds. The maximum atomic E-state index is 6.00. The molecule has 0 radical (unpaired) electrons. The van der Waals surface area contributed by atoms with Crippen molar-refractivity contribution in [3.8, 4) is 17.5 Å². The number of hydrogen-bond acceptors (Lipinski definition) is 5. The van der Waals surface area contributed by atoms with Crippen LogP contribution in [0, 0.1) is 0 Å². The zero-order valence-corrected chi connectivity index (χ0v) is 12.8. The Hall–Kier alpha value is -2.30.